The number of nitrogens with one attached hydrogen (secondary N) is 2. The van der Waals surface area contributed by atoms with Crippen LogP contribution in [-0.4, -0.2) is 13.0 Å². The summed E-state index contributed by atoms with van der Waals surface area (Å²) >= 11 is 0. The van der Waals surface area contributed by atoms with Crippen LogP contribution >= 0.6 is 0 Å². The second kappa shape index (κ2) is 6.23. The van der Waals surface area contributed by atoms with Crippen molar-refractivity contribution < 1.29 is 4.79 Å². The third-order valence-electron chi connectivity index (χ3n) is 2.95. The molecule has 102 valence electrons. The van der Waals surface area contributed by atoms with Gasteiger partial charge in [-0.05, 0) is 42.5 Å². The van der Waals surface area contributed by atoms with E-state index in [9.17, 15) is 4.79 Å². The quantitative estimate of drug-likeness (QED) is 0.902. The van der Waals surface area contributed by atoms with Crippen LogP contribution in [-0.2, 0) is 0 Å². The Balaban J connectivity index is 2.19. The molecule has 0 aliphatic heterocycles. The zero-order chi connectivity index (χ0) is 15.2. The summed E-state index contributed by atoms with van der Waals surface area (Å²) in [7, 11) is 1.80. The second-order valence-corrected chi connectivity index (χ2v) is 4.27. The molecule has 0 unspecified atom stereocenters. The predicted octanol–water partition coefficient (Wildman–Crippen LogP) is 2.72. The first-order chi connectivity index (χ1) is 10.2. The highest BCUT2D eigenvalue weighted by Crippen LogP contribution is 2.16. The first kappa shape index (κ1) is 14.1. The van der Waals surface area contributed by atoms with Crippen LogP contribution in [0.4, 0.5) is 11.4 Å². The molecule has 1 amide bonds. The summed E-state index contributed by atoms with van der Waals surface area (Å²) in [6.45, 7) is 0. The van der Waals surface area contributed by atoms with Crippen molar-refractivity contribution >= 4 is 17.3 Å². The lowest BCUT2D eigenvalue weighted by atomic mass is 10.1. The van der Waals surface area contributed by atoms with Crippen molar-refractivity contribution in [1.82, 2.24) is 0 Å². The fourth-order valence-corrected chi connectivity index (χ4v) is 1.80. The fourth-order valence-electron chi connectivity index (χ4n) is 1.80. The van der Waals surface area contributed by atoms with E-state index in [1.165, 1.54) is 12.1 Å². The maximum Gasteiger partial charge on any atom is 0.255 e. The Kier molecular flexibility index (Phi) is 4.18. The van der Waals surface area contributed by atoms with Crippen molar-refractivity contribution in [1.29, 1.82) is 10.5 Å². The number of amides is 1. The Morgan fingerprint density at radius 3 is 2.14 bits per heavy atom. The summed E-state index contributed by atoms with van der Waals surface area (Å²) in [6.07, 6.45) is 0. The van der Waals surface area contributed by atoms with Gasteiger partial charge in [-0.15, -0.1) is 0 Å². The molecule has 0 saturated carbocycles. The molecule has 0 heterocycles. The van der Waals surface area contributed by atoms with Gasteiger partial charge in [0.25, 0.3) is 5.91 Å². The molecule has 0 bridgehead atoms. The monoisotopic (exact) mass is 276 g/mol. The van der Waals surface area contributed by atoms with E-state index in [4.69, 9.17) is 10.5 Å². The van der Waals surface area contributed by atoms with Crippen LogP contribution < -0.4 is 10.6 Å². The molecule has 0 aromatic heterocycles. The van der Waals surface area contributed by atoms with Crippen molar-refractivity contribution in [3.05, 3.63) is 59.2 Å². The molecule has 21 heavy (non-hydrogen) atoms. The Morgan fingerprint density at radius 1 is 0.952 bits per heavy atom. The maximum atomic E-state index is 12.1. The SMILES string of the molecule is CNc1ccc(C(=O)Nc2ccc(C#N)c(C#N)c2)cc1. The Bertz CT molecular complexity index is 751. The standard InChI is InChI=1S/C16H12N4O/c1-19-14-5-2-11(3-6-14)16(21)20-15-7-4-12(9-17)13(8-15)10-18/h2-8,19H,1H3,(H,20,21). The van der Waals surface area contributed by atoms with E-state index >= 15 is 0 Å². The van der Waals surface area contributed by atoms with Crippen LogP contribution in [0, 0.1) is 22.7 Å². The molecule has 0 atom stereocenters. The molecule has 2 aromatic carbocycles. The third kappa shape index (κ3) is 3.17. The fraction of sp³-hybridized carbons (Fsp3) is 0.0625. The number of hydrogen-bond donors (Lipinski definition) is 2. The van der Waals surface area contributed by atoms with Gasteiger partial charge in [-0.3, -0.25) is 4.79 Å². The third-order valence-corrected chi connectivity index (χ3v) is 2.95. The molecular weight excluding hydrogens is 264 g/mol. The molecule has 0 aliphatic carbocycles. The maximum absolute atomic E-state index is 12.1. The summed E-state index contributed by atoms with van der Waals surface area (Å²) in [5.41, 5.74) is 2.43. The molecule has 0 saturated heterocycles. The highest BCUT2D eigenvalue weighted by Gasteiger charge is 2.08. The molecule has 5 nitrogen and oxygen atoms in total. The second-order valence-electron chi connectivity index (χ2n) is 4.27. The lowest BCUT2D eigenvalue weighted by molar-refractivity contribution is 0.102. The van der Waals surface area contributed by atoms with Gasteiger partial charge in [-0.2, -0.15) is 10.5 Å². The van der Waals surface area contributed by atoms with Gasteiger partial charge in [0.2, 0.25) is 0 Å². The summed E-state index contributed by atoms with van der Waals surface area (Å²) < 4.78 is 0. The average Bonchev–Trinajstić information content (AvgIpc) is 2.54. The molecule has 2 aromatic rings. The molecular formula is C16H12N4O. The van der Waals surface area contributed by atoms with E-state index in [0.29, 0.717) is 11.3 Å². The van der Waals surface area contributed by atoms with Crippen molar-refractivity contribution in [3.8, 4) is 12.1 Å². The molecule has 0 spiro atoms. The molecule has 2 N–H and O–H groups in total. The van der Waals surface area contributed by atoms with E-state index in [1.807, 2.05) is 12.1 Å². The summed E-state index contributed by atoms with van der Waals surface area (Å²) in [5.74, 6) is -0.272. The van der Waals surface area contributed by atoms with Crippen LogP contribution in [0.25, 0.3) is 0 Å². The first-order valence-electron chi connectivity index (χ1n) is 6.21. The summed E-state index contributed by atoms with van der Waals surface area (Å²) in [4.78, 5) is 12.1. The summed E-state index contributed by atoms with van der Waals surface area (Å²) in [5, 5.41) is 23.5. The number of benzene rings is 2. The number of rotatable bonds is 3. The Labute approximate surface area is 122 Å². The molecule has 2 rings (SSSR count). The van der Waals surface area contributed by atoms with Gasteiger partial charge in [-0.25, -0.2) is 0 Å². The normalized spacial score (nSPS) is 9.29. The van der Waals surface area contributed by atoms with Gasteiger partial charge in [-0.1, -0.05) is 0 Å². The molecule has 5 heteroatoms. The minimum Gasteiger partial charge on any atom is -0.388 e. The average molecular weight is 276 g/mol. The van der Waals surface area contributed by atoms with Gasteiger partial charge < -0.3 is 10.6 Å². The van der Waals surface area contributed by atoms with E-state index in [-0.39, 0.29) is 17.0 Å². The van der Waals surface area contributed by atoms with Gasteiger partial charge in [0.1, 0.15) is 12.1 Å². The topological polar surface area (TPSA) is 88.7 Å². The van der Waals surface area contributed by atoms with Crippen molar-refractivity contribution in [2.75, 3.05) is 17.7 Å². The van der Waals surface area contributed by atoms with Gasteiger partial charge >= 0.3 is 0 Å². The van der Waals surface area contributed by atoms with Gasteiger partial charge in [0.15, 0.2) is 0 Å². The number of nitrogens with zero attached hydrogens (tertiary/aromatic N) is 2. The number of nitriles is 2. The molecule has 0 fully saturated rings. The number of hydrogen-bond acceptors (Lipinski definition) is 4. The van der Waals surface area contributed by atoms with Crippen molar-refractivity contribution in [2.24, 2.45) is 0 Å². The highest BCUT2D eigenvalue weighted by molar-refractivity contribution is 6.04. The van der Waals surface area contributed by atoms with E-state index in [1.54, 1.807) is 37.4 Å². The van der Waals surface area contributed by atoms with E-state index in [0.717, 1.165) is 5.69 Å². The predicted molar refractivity (Wildman–Crippen MR) is 79.8 cm³/mol. The minimum absolute atomic E-state index is 0.237. The van der Waals surface area contributed by atoms with Crippen molar-refractivity contribution in [3.63, 3.8) is 0 Å². The van der Waals surface area contributed by atoms with Crippen LogP contribution in [0.2, 0.25) is 0 Å². The molecule has 0 radical (unpaired) electrons. The van der Waals surface area contributed by atoms with Gasteiger partial charge in [0.05, 0.1) is 11.1 Å². The van der Waals surface area contributed by atoms with Crippen LogP contribution in [0.1, 0.15) is 21.5 Å². The van der Waals surface area contributed by atoms with E-state index < -0.39 is 0 Å². The van der Waals surface area contributed by atoms with Crippen LogP contribution in [0.3, 0.4) is 0 Å². The smallest absolute Gasteiger partial charge is 0.255 e. The largest absolute Gasteiger partial charge is 0.388 e. The summed E-state index contributed by atoms with van der Waals surface area (Å²) in [6, 6.07) is 15.5. The number of carbonyl (C=O) groups excluding carboxylic acids is 1. The zero-order valence-electron chi connectivity index (χ0n) is 11.3. The van der Waals surface area contributed by atoms with Crippen molar-refractivity contribution in [2.45, 2.75) is 0 Å². The van der Waals surface area contributed by atoms with Crippen LogP contribution in [0.15, 0.2) is 42.5 Å². The number of anilines is 2. The first-order valence-corrected chi connectivity index (χ1v) is 6.21. The van der Waals surface area contributed by atoms with Gasteiger partial charge in [0, 0.05) is 24.0 Å². The zero-order valence-corrected chi connectivity index (χ0v) is 11.3. The minimum atomic E-state index is -0.272. The Morgan fingerprint density at radius 2 is 1.57 bits per heavy atom. The molecule has 0 aliphatic rings. The van der Waals surface area contributed by atoms with Crippen LogP contribution in [0.5, 0.6) is 0 Å². The number of carbonyl (C=O) groups is 1. The highest BCUT2D eigenvalue weighted by atomic mass is 16.1. The Hall–Kier alpha value is -3.31. The lowest BCUT2D eigenvalue weighted by Gasteiger charge is -2.07. The van der Waals surface area contributed by atoms with E-state index in [2.05, 4.69) is 10.6 Å². The lowest BCUT2D eigenvalue weighted by Crippen LogP contribution is -2.12.